The molecular weight excluding hydrogens is 150 g/mol. The summed E-state index contributed by atoms with van der Waals surface area (Å²) in [6.07, 6.45) is 5.64. The summed E-state index contributed by atoms with van der Waals surface area (Å²) >= 11 is 0. The lowest BCUT2D eigenvalue weighted by molar-refractivity contribution is 0.628. The quantitative estimate of drug-likeness (QED) is 0.453. The van der Waals surface area contributed by atoms with E-state index in [0.717, 1.165) is 11.0 Å². The van der Waals surface area contributed by atoms with Crippen molar-refractivity contribution in [2.45, 2.75) is 13.2 Å². The Kier molecular flexibility index (Phi) is 2.93. The van der Waals surface area contributed by atoms with E-state index in [2.05, 4.69) is 5.92 Å². The predicted molar refractivity (Wildman–Crippen MR) is 50.2 cm³/mol. The largest absolute Gasteiger partial charge is 0.281 e. The third kappa shape index (κ3) is 2.13. The smallest absolute Gasteiger partial charge is 0.119 e. The third-order valence-corrected chi connectivity index (χ3v) is 1.68. The highest BCUT2D eigenvalue weighted by Gasteiger charge is 1.88. The van der Waals surface area contributed by atoms with Crippen molar-refractivity contribution < 1.29 is 4.39 Å². The van der Waals surface area contributed by atoms with Crippen LogP contribution in [0.5, 0.6) is 0 Å². The first-order chi connectivity index (χ1) is 5.74. The van der Waals surface area contributed by atoms with Crippen molar-refractivity contribution in [2.24, 2.45) is 0 Å². The highest BCUT2D eigenvalue weighted by Crippen LogP contribution is 1.98. The van der Waals surface area contributed by atoms with Crippen LogP contribution < -0.4 is 5.46 Å². The highest BCUT2D eigenvalue weighted by molar-refractivity contribution is 6.54. The maximum absolute atomic E-state index is 12.7. The van der Waals surface area contributed by atoms with Crippen molar-refractivity contribution in [1.82, 2.24) is 0 Å². The van der Waals surface area contributed by atoms with Gasteiger partial charge in [0.25, 0.3) is 0 Å². The normalized spacial score (nSPS) is 9.42. The molecule has 0 aromatic heterocycles. The summed E-state index contributed by atoms with van der Waals surface area (Å²) < 4.78 is 12.7. The molecule has 0 nitrogen and oxygen atoms in total. The Hall–Kier alpha value is -1.23. The van der Waals surface area contributed by atoms with Gasteiger partial charge in [0, 0.05) is 0 Å². The summed E-state index contributed by atoms with van der Waals surface area (Å²) in [6, 6.07) is 4.69. The van der Waals surface area contributed by atoms with Crippen LogP contribution in [-0.2, 0) is 0 Å². The van der Waals surface area contributed by atoms with Crippen LogP contribution in [0.1, 0.15) is 5.56 Å². The summed E-state index contributed by atoms with van der Waals surface area (Å²) in [6.45, 7) is 1.93. The zero-order chi connectivity index (χ0) is 8.97. The molecular formula is C10H9BF-. The minimum Gasteiger partial charge on any atom is -0.281 e. The lowest BCUT2D eigenvalue weighted by atomic mass is 9.66. The van der Waals surface area contributed by atoms with Crippen LogP contribution in [-0.4, -0.2) is 7.28 Å². The number of aryl methyl sites for hydroxylation is 1. The van der Waals surface area contributed by atoms with E-state index in [1.54, 1.807) is 6.07 Å². The van der Waals surface area contributed by atoms with E-state index < -0.39 is 0 Å². The van der Waals surface area contributed by atoms with Crippen LogP contribution in [0, 0.1) is 25.1 Å². The molecule has 0 unspecified atom stereocenters. The van der Waals surface area contributed by atoms with Gasteiger partial charge in [-0.05, 0) is 13.0 Å². The van der Waals surface area contributed by atoms with Crippen molar-refractivity contribution in [2.75, 3.05) is 0 Å². The van der Waals surface area contributed by atoms with Crippen LogP contribution >= 0.6 is 0 Å². The molecule has 2 heteroatoms. The topological polar surface area (TPSA) is 0 Å². The molecule has 0 saturated heterocycles. The fourth-order valence-corrected chi connectivity index (χ4v) is 1.00. The van der Waals surface area contributed by atoms with Gasteiger partial charge in [-0.15, -0.1) is 6.42 Å². The minimum atomic E-state index is -0.219. The van der Waals surface area contributed by atoms with Crippen molar-refractivity contribution >= 4 is 12.7 Å². The Morgan fingerprint density at radius 3 is 3.00 bits per heavy atom. The molecule has 60 valence electrons. The van der Waals surface area contributed by atoms with Crippen molar-refractivity contribution in [3.63, 3.8) is 0 Å². The molecule has 0 bridgehead atoms. The summed E-state index contributed by atoms with van der Waals surface area (Å²) in [7, 11) is 1.85. The Morgan fingerprint density at radius 1 is 1.58 bits per heavy atom. The Balaban J connectivity index is 2.84. The molecule has 0 aliphatic rings. The lowest BCUT2D eigenvalue weighted by Gasteiger charge is -2.15. The van der Waals surface area contributed by atoms with E-state index in [9.17, 15) is 4.39 Å². The average molecular weight is 159 g/mol. The Bertz CT molecular complexity index is 312. The molecule has 1 aromatic carbocycles. The zero-order valence-electron chi connectivity index (χ0n) is 6.97. The van der Waals surface area contributed by atoms with Crippen molar-refractivity contribution in [1.29, 1.82) is 0 Å². The molecule has 1 aromatic rings. The van der Waals surface area contributed by atoms with Crippen LogP contribution in [0.25, 0.3) is 0 Å². The standard InChI is InChI=1S/C10H9BF/c1-3-6-11-10-7-9(12)5-4-8(10)2/h1,4-5,7H,6H2,2H3/q-1. The van der Waals surface area contributed by atoms with E-state index in [1.165, 1.54) is 12.1 Å². The molecule has 0 saturated carbocycles. The summed E-state index contributed by atoms with van der Waals surface area (Å²) in [4.78, 5) is 0. The van der Waals surface area contributed by atoms with Crippen LogP contribution in [0.2, 0.25) is 6.32 Å². The van der Waals surface area contributed by atoms with Gasteiger partial charge in [0.1, 0.15) is 5.82 Å². The molecule has 0 heterocycles. The Morgan fingerprint density at radius 2 is 2.33 bits per heavy atom. The number of terminal acetylenes is 1. The molecule has 2 radical (unpaired) electrons. The van der Waals surface area contributed by atoms with Crippen LogP contribution in [0.15, 0.2) is 18.2 Å². The van der Waals surface area contributed by atoms with Gasteiger partial charge in [0.15, 0.2) is 0 Å². The van der Waals surface area contributed by atoms with Crippen LogP contribution in [0.4, 0.5) is 4.39 Å². The van der Waals surface area contributed by atoms with Gasteiger partial charge >= 0.3 is 0 Å². The maximum Gasteiger partial charge on any atom is 0.119 e. The molecule has 0 spiro atoms. The Labute approximate surface area is 73.0 Å². The van der Waals surface area contributed by atoms with E-state index in [-0.39, 0.29) is 5.82 Å². The third-order valence-electron chi connectivity index (χ3n) is 1.68. The second-order valence-corrected chi connectivity index (χ2v) is 2.61. The molecule has 0 atom stereocenters. The van der Waals surface area contributed by atoms with E-state index in [4.69, 9.17) is 6.42 Å². The monoisotopic (exact) mass is 159 g/mol. The summed E-state index contributed by atoms with van der Waals surface area (Å²) in [5.74, 6) is 2.27. The zero-order valence-corrected chi connectivity index (χ0v) is 6.97. The molecule has 0 fully saturated rings. The van der Waals surface area contributed by atoms with Gasteiger partial charge < -0.3 is 0 Å². The fraction of sp³-hybridized carbons (Fsp3) is 0.200. The summed E-state index contributed by atoms with van der Waals surface area (Å²) in [5, 5.41) is 0. The number of halogens is 1. The van der Waals surface area contributed by atoms with Gasteiger partial charge in [-0.25, -0.2) is 4.39 Å². The second-order valence-electron chi connectivity index (χ2n) is 2.61. The number of benzene rings is 1. The number of hydrogen-bond acceptors (Lipinski definition) is 0. The summed E-state index contributed by atoms with van der Waals surface area (Å²) in [5.41, 5.74) is 1.93. The highest BCUT2D eigenvalue weighted by atomic mass is 19.1. The van der Waals surface area contributed by atoms with Crippen molar-refractivity contribution in [3.05, 3.63) is 29.6 Å². The minimum absolute atomic E-state index is 0.219. The van der Waals surface area contributed by atoms with E-state index in [1.807, 2.05) is 14.2 Å². The second kappa shape index (κ2) is 3.97. The first-order valence-corrected chi connectivity index (χ1v) is 3.77. The molecule has 0 N–H and O–H groups in total. The molecule has 0 aliphatic heterocycles. The van der Waals surface area contributed by atoms with Gasteiger partial charge in [0.2, 0.25) is 0 Å². The van der Waals surface area contributed by atoms with Gasteiger partial charge in [-0.2, -0.15) is 12.2 Å². The first-order valence-electron chi connectivity index (χ1n) is 3.77. The molecule has 12 heavy (non-hydrogen) atoms. The predicted octanol–water partition coefficient (Wildman–Crippen LogP) is 1.52. The van der Waals surface area contributed by atoms with Crippen molar-refractivity contribution in [3.8, 4) is 12.3 Å². The fourth-order valence-electron chi connectivity index (χ4n) is 1.00. The van der Waals surface area contributed by atoms with Gasteiger partial charge in [-0.1, -0.05) is 17.7 Å². The molecule has 0 amide bonds. The van der Waals surface area contributed by atoms with Gasteiger partial charge in [0.05, 0.1) is 0 Å². The number of hydrogen-bond donors (Lipinski definition) is 0. The molecule has 1 rings (SSSR count). The van der Waals surface area contributed by atoms with E-state index >= 15 is 0 Å². The number of rotatable bonds is 2. The maximum atomic E-state index is 12.7. The molecule has 0 aliphatic carbocycles. The first kappa shape index (κ1) is 8.87. The van der Waals surface area contributed by atoms with E-state index in [0.29, 0.717) is 6.32 Å². The average Bonchev–Trinajstić information content (AvgIpc) is 2.07. The lowest BCUT2D eigenvalue weighted by Crippen LogP contribution is -2.17. The van der Waals surface area contributed by atoms with Crippen LogP contribution in [0.3, 0.4) is 0 Å². The van der Waals surface area contributed by atoms with Gasteiger partial charge in [-0.3, -0.25) is 12.7 Å². The SMILES string of the molecule is C#CC[B-]c1cc(F)ccc1C.